The van der Waals surface area contributed by atoms with Gasteiger partial charge in [0.15, 0.2) is 0 Å². The lowest BCUT2D eigenvalue weighted by Gasteiger charge is -1.82. The molecule has 0 atom stereocenters. The van der Waals surface area contributed by atoms with E-state index < -0.39 is 0 Å². The van der Waals surface area contributed by atoms with Crippen LogP contribution in [0, 0.1) is 6.92 Å². The summed E-state index contributed by atoms with van der Waals surface area (Å²) < 4.78 is 3.54. The van der Waals surface area contributed by atoms with Crippen molar-refractivity contribution in [1.82, 2.24) is 9.59 Å². The van der Waals surface area contributed by atoms with Crippen LogP contribution in [0.4, 0.5) is 0 Å². The summed E-state index contributed by atoms with van der Waals surface area (Å²) in [6.45, 7) is 2.08. The lowest BCUT2D eigenvalue weighted by atomic mass is 10.2. The van der Waals surface area contributed by atoms with E-state index >= 15 is 0 Å². The van der Waals surface area contributed by atoms with E-state index in [1.165, 1.54) is 17.1 Å². The summed E-state index contributed by atoms with van der Waals surface area (Å²) in [5.74, 6) is 0. The number of aryl methyl sites for hydroxylation is 1. The summed E-state index contributed by atoms with van der Waals surface area (Å²) in [4.78, 5) is 0. The van der Waals surface area contributed by atoms with Crippen LogP contribution >= 0.6 is 24.2 Å². The molecule has 0 bridgehead atoms. The monoisotopic (exact) mass is 210 g/mol. The lowest BCUT2D eigenvalue weighted by Crippen LogP contribution is -1.62. The van der Waals surface area contributed by atoms with E-state index in [0.717, 1.165) is 0 Å². The molecule has 1 heterocycles. The number of rotatable bonds is 0. The zero-order valence-electron chi connectivity index (χ0n) is 7.21. The van der Waals surface area contributed by atoms with E-state index in [-0.39, 0.29) is 0 Å². The molecule has 0 fully saturated rings. The number of benzene rings is 1. The number of nitrogens with zero attached hydrogens (tertiary/aromatic N) is 2. The molecule has 0 saturated carbocycles. The van der Waals surface area contributed by atoms with Crippen LogP contribution < -0.4 is 0 Å². The molecule has 2 nitrogen and oxygen atoms in total. The quantitative estimate of drug-likeness (QED) is 0.677. The smallest absolute Gasteiger partial charge is 0.128 e. The summed E-state index contributed by atoms with van der Waals surface area (Å²) in [6.07, 6.45) is 0. The first kappa shape index (κ1) is 10.2. The van der Waals surface area contributed by atoms with Crippen LogP contribution in [0.3, 0.4) is 0 Å². The largest absolute Gasteiger partial charge is 0.132 e. The van der Waals surface area contributed by atoms with Crippen LogP contribution in [0.25, 0.3) is 0 Å². The van der Waals surface area contributed by atoms with Crippen molar-refractivity contribution in [1.29, 1.82) is 0 Å². The molecule has 0 saturated heterocycles. The maximum Gasteiger partial charge on any atom is 0.128 e. The van der Waals surface area contributed by atoms with Gasteiger partial charge in [0.25, 0.3) is 0 Å². The summed E-state index contributed by atoms with van der Waals surface area (Å²) in [5.41, 5.74) is 1.32. The summed E-state index contributed by atoms with van der Waals surface area (Å²) in [7, 11) is 0. The topological polar surface area (TPSA) is 25.8 Å². The van der Waals surface area contributed by atoms with Crippen LogP contribution in [0.5, 0.6) is 0 Å². The predicted octanol–water partition coefficient (Wildman–Crippen LogP) is 2.82. The second-order valence-electron chi connectivity index (χ2n) is 2.42. The zero-order chi connectivity index (χ0) is 9.52. The van der Waals surface area contributed by atoms with Gasteiger partial charge in [-0.3, -0.25) is 0 Å². The molecule has 2 rings (SSSR count). The van der Waals surface area contributed by atoms with Crippen molar-refractivity contribution in [3.05, 3.63) is 41.3 Å². The molecule has 0 unspecified atom stereocenters. The van der Waals surface area contributed by atoms with Crippen molar-refractivity contribution >= 4 is 24.2 Å². The van der Waals surface area contributed by atoms with Crippen molar-refractivity contribution in [3.8, 4) is 0 Å². The standard InChI is InChI=1S/C7H8.C2H2N2S2/c1-7-5-3-2-4-6-7;5-2-1-6-4-3-2/h2-6H,1H3;1,5H. The Kier molecular flexibility index (Phi) is 4.49. The Balaban J connectivity index is 0.000000132. The van der Waals surface area contributed by atoms with Crippen molar-refractivity contribution in [2.45, 2.75) is 11.9 Å². The molecule has 0 N–H and O–H groups in total. The van der Waals surface area contributed by atoms with E-state index in [4.69, 9.17) is 0 Å². The van der Waals surface area contributed by atoms with Gasteiger partial charge in [-0.25, -0.2) is 0 Å². The van der Waals surface area contributed by atoms with Gasteiger partial charge in [-0.2, -0.15) is 0 Å². The minimum atomic E-state index is 0.694. The Morgan fingerprint density at radius 2 is 1.92 bits per heavy atom. The van der Waals surface area contributed by atoms with Crippen molar-refractivity contribution in [3.63, 3.8) is 0 Å². The lowest BCUT2D eigenvalue weighted by molar-refractivity contribution is 1.04. The average Bonchev–Trinajstić information content (AvgIpc) is 2.58. The molecule has 0 aliphatic carbocycles. The van der Waals surface area contributed by atoms with Crippen molar-refractivity contribution in [2.24, 2.45) is 0 Å². The van der Waals surface area contributed by atoms with Gasteiger partial charge in [-0.05, 0) is 18.5 Å². The molecule has 0 aliphatic rings. The second kappa shape index (κ2) is 5.72. The molecular weight excluding hydrogens is 200 g/mol. The molecule has 2 aromatic rings. The fraction of sp³-hybridized carbons (Fsp3) is 0.111. The van der Waals surface area contributed by atoms with E-state index in [2.05, 4.69) is 41.3 Å². The van der Waals surface area contributed by atoms with Gasteiger partial charge in [-0.1, -0.05) is 40.4 Å². The molecule has 0 amide bonds. The first-order valence-electron chi connectivity index (χ1n) is 3.76. The number of thiol groups is 1. The van der Waals surface area contributed by atoms with Crippen molar-refractivity contribution in [2.75, 3.05) is 0 Å². The third kappa shape index (κ3) is 4.65. The van der Waals surface area contributed by atoms with E-state index in [1.807, 2.05) is 18.2 Å². The minimum Gasteiger partial charge on any atom is -0.132 e. The number of hydrogen-bond donors (Lipinski definition) is 1. The fourth-order valence-corrected chi connectivity index (χ4v) is 1.26. The Labute approximate surface area is 87.2 Å². The first-order valence-corrected chi connectivity index (χ1v) is 5.05. The summed E-state index contributed by atoms with van der Waals surface area (Å²) >= 11 is 5.17. The van der Waals surface area contributed by atoms with Gasteiger partial charge < -0.3 is 0 Å². The Morgan fingerprint density at radius 1 is 1.23 bits per heavy atom. The number of hydrogen-bond acceptors (Lipinski definition) is 4. The first-order chi connectivity index (χ1) is 6.29. The van der Waals surface area contributed by atoms with Crippen molar-refractivity contribution < 1.29 is 0 Å². The maximum atomic E-state index is 3.87. The highest BCUT2D eigenvalue weighted by Gasteiger charge is 1.79. The van der Waals surface area contributed by atoms with E-state index in [0.29, 0.717) is 5.03 Å². The van der Waals surface area contributed by atoms with Crippen LogP contribution in [-0.4, -0.2) is 9.59 Å². The highest BCUT2D eigenvalue weighted by molar-refractivity contribution is 7.80. The van der Waals surface area contributed by atoms with Crippen LogP contribution in [0.2, 0.25) is 0 Å². The fourth-order valence-electron chi connectivity index (χ4n) is 0.694. The summed E-state index contributed by atoms with van der Waals surface area (Å²) in [5, 5.41) is 6.01. The molecule has 1 aromatic carbocycles. The highest BCUT2D eigenvalue weighted by Crippen LogP contribution is 1.99. The van der Waals surface area contributed by atoms with E-state index in [1.54, 1.807) is 5.38 Å². The minimum absolute atomic E-state index is 0.694. The molecule has 0 radical (unpaired) electrons. The Bertz CT molecular complexity index is 319. The molecular formula is C9H10N2S2. The third-order valence-electron chi connectivity index (χ3n) is 1.29. The van der Waals surface area contributed by atoms with Gasteiger partial charge >= 0.3 is 0 Å². The maximum absolute atomic E-state index is 3.87. The van der Waals surface area contributed by atoms with Gasteiger partial charge in [0.1, 0.15) is 5.03 Å². The molecule has 0 aliphatic heterocycles. The second-order valence-corrected chi connectivity index (χ2v) is 3.49. The summed E-state index contributed by atoms with van der Waals surface area (Å²) in [6, 6.07) is 10.3. The number of aromatic nitrogens is 2. The van der Waals surface area contributed by atoms with E-state index in [9.17, 15) is 0 Å². The van der Waals surface area contributed by atoms with Gasteiger partial charge in [0.2, 0.25) is 0 Å². The van der Waals surface area contributed by atoms with Crippen LogP contribution in [-0.2, 0) is 0 Å². The third-order valence-corrected chi connectivity index (χ3v) is 2.19. The van der Waals surface area contributed by atoms with Crippen LogP contribution in [0.1, 0.15) is 5.56 Å². The van der Waals surface area contributed by atoms with Gasteiger partial charge in [-0.15, -0.1) is 17.7 Å². The molecule has 68 valence electrons. The van der Waals surface area contributed by atoms with Gasteiger partial charge in [0, 0.05) is 5.38 Å². The molecule has 13 heavy (non-hydrogen) atoms. The van der Waals surface area contributed by atoms with Gasteiger partial charge in [0.05, 0.1) is 0 Å². The molecule has 1 aromatic heterocycles. The molecule has 0 spiro atoms. The molecule has 4 heteroatoms. The van der Waals surface area contributed by atoms with Crippen LogP contribution in [0.15, 0.2) is 40.7 Å². The predicted molar refractivity (Wildman–Crippen MR) is 58.3 cm³/mol. The highest BCUT2D eigenvalue weighted by atomic mass is 32.1. The average molecular weight is 210 g/mol. The zero-order valence-corrected chi connectivity index (χ0v) is 8.92. The Hall–Kier alpha value is -0.870. The SMILES string of the molecule is Cc1ccccc1.Sc1csnn1. The Morgan fingerprint density at radius 3 is 2.15 bits per heavy atom. The normalized spacial score (nSPS) is 8.77.